The van der Waals surface area contributed by atoms with E-state index >= 15 is 0 Å². The van der Waals surface area contributed by atoms with Gasteiger partial charge in [0.05, 0.1) is 0 Å². The number of carbonyl (C=O) groups is 2. The zero-order valence-electron chi connectivity index (χ0n) is 9.12. The lowest BCUT2D eigenvalue weighted by Gasteiger charge is -2.10. The monoisotopic (exact) mass is 261 g/mol. The summed E-state index contributed by atoms with van der Waals surface area (Å²) >= 11 is 0. The normalized spacial score (nSPS) is 17.7. The molecule has 1 aliphatic rings. The van der Waals surface area contributed by atoms with Crippen LogP contribution in [0.4, 0.5) is 13.2 Å². The minimum atomic E-state index is -0.953. The smallest absolute Gasteiger partial charge is 0.290 e. The first-order valence-electron chi connectivity index (χ1n) is 4.98. The predicted molar refractivity (Wildman–Crippen MR) is 55.4 cm³/mol. The molecular formula is C11H10F3NO3. The molecule has 1 fully saturated rings. The molecule has 1 amide bonds. The molecular weight excluding hydrogens is 251 g/mol. The van der Waals surface area contributed by atoms with Crippen LogP contribution in [0, 0.1) is 17.5 Å². The highest BCUT2D eigenvalue weighted by molar-refractivity contribution is 5.79. The third kappa shape index (κ3) is 3.22. The summed E-state index contributed by atoms with van der Waals surface area (Å²) in [5.74, 6) is -3.62. The lowest BCUT2D eigenvalue weighted by Crippen LogP contribution is -2.14. The number of nitrogens with one attached hydrogen (secondary N) is 1. The Hall–Kier alpha value is -2.05. The summed E-state index contributed by atoms with van der Waals surface area (Å²) in [6, 6.07) is 1.25. The predicted octanol–water partition coefficient (Wildman–Crippen LogP) is 1.41. The van der Waals surface area contributed by atoms with Crippen LogP contribution in [-0.2, 0) is 9.59 Å². The van der Waals surface area contributed by atoms with Crippen molar-refractivity contribution in [1.82, 2.24) is 5.32 Å². The molecule has 1 atom stereocenters. The molecule has 2 N–H and O–H groups in total. The Bertz CT molecular complexity index is 442. The maximum absolute atomic E-state index is 13.3. The van der Waals surface area contributed by atoms with E-state index in [0.29, 0.717) is 12.1 Å². The van der Waals surface area contributed by atoms with Crippen molar-refractivity contribution in [2.24, 2.45) is 0 Å². The highest BCUT2D eigenvalue weighted by Gasteiger charge is 2.28. The Morgan fingerprint density at radius 1 is 1.28 bits per heavy atom. The molecule has 0 aliphatic carbocycles. The molecule has 0 unspecified atom stereocenters. The fraction of sp³-hybridized carbons (Fsp3) is 0.273. The molecule has 4 nitrogen and oxygen atoms in total. The number of carboxylic acid groups (broad SMARTS) is 1. The minimum Gasteiger partial charge on any atom is -0.483 e. The van der Waals surface area contributed by atoms with Crippen molar-refractivity contribution < 1.29 is 27.9 Å². The van der Waals surface area contributed by atoms with Crippen LogP contribution in [-0.4, -0.2) is 24.0 Å². The lowest BCUT2D eigenvalue weighted by molar-refractivity contribution is -0.123. The topological polar surface area (TPSA) is 66.4 Å². The van der Waals surface area contributed by atoms with Gasteiger partial charge in [0.25, 0.3) is 6.47 Å². The van der Waals surface area contributed by atoms with Crippen molar-refractivity contribution >= 4 is 12.4 Å². The van der Waals surface area contributed by atoms with Gasteiger partial charge in [0.1, 0.15) is 17.5 Å². The van der Waals surface area contributed by atoms with Crippen LogP contribution in [0.1, 0.15) is 17.9 Å². The second-order valence-corrected chi connectivity index (χ2v) is 3.59. The van der Waals surface area contributed by atoms with Gasteiger partial charge in [0, 0.05) is 36.6 Å². The molecule has 98 valence electrons. The van der Waals surface area contributed by atoms with Crippen LogP contribution >= 0.6 is 0 Å². The average Bonchev–Trinajstić information content (AvgIpc) is 2.64. The largest absolute Gasteiger partial charge is 0.483 e. The molecule has 1 aliphatic heterocycles. The molecule has 1 aromatic carbocycles. The van der Waals surface area contributed by atoms with Crippen molar-refractivity contribution in [3.05, 3.63) is 35.1 Å². The maximum Gasteiger partial charge on any atom is 0.290 e. The number of amides is 1. The molecule has 0 spiro atoms. The first-order chi connectivity index (χ1) is 8.49. The second-order valence-electron chi connectivity index (χ2n) is 3.59. The summed E-state index contributed by atoms with van der Waals surface area (Å²) in [4.78, 5) is 19.2. The van der Waals surface area contributed by atoms with Gasteiger partial charge >= 0.3 is 0 Å². The highest BCUT2D eigenvalue weighted by Crippen LogP contribution is 2.28. The van der Waals surface area contributed by atoms with Crippen LogP contribution in [0.2, 0.25) is 0 Å². The summed E-state index contributed by atoms with van der Waals surface area (Å²) in [7, 11) is 0. The molecule has 18 heavy (non-hydrogen) atoms. The zero-order valence-corrected chi connectivity index (χ0v) is 9.12. The lowest BCUT2D eigenvalue weighted by atomic mass is 9.97. The van der Waals surface area contributed by atoms with Crippen LogP contribution in [0.5, 0.6) is 0 Å². The molecule has 7 heteroatoms. The minimum absolute atomic E-state index is 0.0411. The number of carbonyl (C=O) groups excluding carboxylic acids is 1. The van der Waals surface area contributed by atoms with Crippen molar-refractivity contribution in [2.75, 3.05) is 6.54 Å². The van der Waals surface area contributed by atoms with Gasteiger partial charge in [-0.15, -0.1) is 0 Å². The van der Waals surface area contributed by atoms with Gasteiger partial charge in [-0.25, -0.2) is 13.2 Å². The van der Waals surface area contributed by atoms with Crippen molar-refractivity contribution in [3.8, 4) is 0 Å². The summed E-state index contributed by atoms with van der Waals surface area (Å²) in [6.45, 7) is -0.0572. The van der Waals surface area contributed by atoms with Gasteiger partial charge in [-0.05, 0) is 0 Å². The third-order valence-electron chi connectivity index (χ3n) is 2.43. The van der Waals surface area contributed by atoms with E-state index in [-0.39, 0.29) is 30.9 Å². The first kappa shape index (κ1) is 14.0. The van der Waals surface area contributed by atoms with Gasteiger partial charge in [-0.1, -0.05) is 0 Å². The summed E-state index contributed by atoms with van der Waals surface area (Å²) in [5, 5.41) is 9.36. The second kappa shape index (κ2) is 6.04. The van der Waals surface area contributed by atoms with E-state index in [1.54, 1.807) is 0 Å². The average molecular weight is 261 g/mol. The quantitative estimate of drug-likeness (QED) is 0.751. The number of halogens is 3. The summed E-state index contributed by atoms with van der Waals surface area (Å²) in [5.41, 5.74) is -0.213. The number of hydrogen-bond donors (Lipinski definition) is 2. The summed E-state index contributed by atoms with van der Waals surface area (Å²) in [6.07, 6.45) is 0.0411. The van der Waals surface area contributed by atoms with Gasteiger partial charge in [-0.2, -0.15) is 0 Å². The van der Waals surface area contributed by atoms with E-state index in [2.05, 4.69) is 5.32 Å². The van der Waals surface area contributed by atoms with Gasteiger partial charge < -0.3 is 10.4 Å². The molecule has 0 saturated carbocycles. The SMILES string of the molecule is O=C1C[C@H](c2c(F)cc(F)cc2F)CN1.O=CO. The van der Waals surface area contributed by atoms with E-state index in [1.165, 1.54) is 0 Å². The van der Waals surface area contributed by atoms with E-state index < -0.39 is 23.4 Å². The molecule has 1 heterocycles. The van der Waals surface area contributed by atoms with Crippen LogP contribution < -0.4 is 5.32 Å². The Morgan fingerprint density at radius 2 is 1.78 bits per heavy atom. The van der Waals surface area contributed by atoms with Gasteiger partial charge in [0.2, 0.25) is 5.91 Å². The Kier molecular flexibility index (Phi) is 4.70. The van der Waals surface area contributed by atoms with Crippen LogP contribution in [0.3, 0.4) is 0 Å². The van der Waals surface area contributed by atoms with Gasteiger partial charge in [0.15, 0.2) is 0 Å². The fourth-order valence-electron chi connectivity index (χ4n) is 1.75. The van der Waals surface area contributed by atoms with E-state index in [9.17, 15) is 18.0 Å². The Morgan fingerprint density at radius 3 is 2.17 bits per heavy atom. The van der Waals surface area contributed by atoms with Crippen LogP contribution in [0.15, 0.2) is 12.1 Å². The Balaban J connectivity index is 0.000000492. The maximum atomic E-state index is 13.3. The fourth-order valence-corrected chi connectivity index (χ4v) is 1.75. The highest BCUT2D eigenvalue weighted by atomic mass is 19.1. The van der Waals surface area contributed by atoms with E-state index in [0.717, 1.165) is 0 Å². The van der Waals surface area contributed by atoms with Crippen molar-refractivity contribution in [2.45, 2.75) is 12.3 Å². The van der Waals surface area contributed by atoms with E-state index in [1.807, 2.05) is 0 Å². The first-order valence-corrected chi connectivity index (χ1v) is 4.98. The number of benzene rings is 1. The Labute approximate surface area is 100 Å². The molecule has 0 aromatic heterocycles. The standard InChI is InChI=1S/C10H8F3NO.CH2O2/c11-6-2-7(12)10(8(13)3-6)5-1-9(15)14-4-5;2-1-3/h2-3,5H,1,4H2,(H,14,15);1H,(H,2,3)/t5-;/m0./s1. The molecule has 1 saturated heterocycles. The van der Waals surface area contributed by atoms with Crippen molar-refractivity contribution in [1.29, 1.82) is 0 Å². The third-order valence-corrected chi connectivity index (χ3v) is 2.43. The molecule has 2 rings (SSSR count). The number of rotatable bonds is 1. The number of hydrogen-bond acceptors (Lipinski definition) is 2. The van der Waals surface area contributed by atoms with Gasteiger partial charge in [-0.3, -0.25) is 9.59 Å². The zero-order chi connectivity index (χ0) is 13.7. The van der Waals surface area contributed by atoms with Crippen LogP contribution in [0.25, 0.3) is 0 Å². The van der Waals surface area contributed by atoms with E-state index in [4.69, 9.17) is 9.90 Å². The summed E-state index contributed by atoms with van der Waals surface area (Å²) < 4.78 is 39.2. The molecule has 0 radical (unpaired) electrons. The molecule has 1 aromatic rings. The molecule has 0 bridgehead atoms. The van der Waals surface area contributed by atoms with Crippen molar-refractivity contribution in [3.63, 3.8) is 0 Å².